The predicted molar refractivity (Wildman–Crippen MR) is 151 cm³/mol. The van der Waals surface area contributed by atoms with Crippen LogP contribution in [0.15, 0.2) is 87.5 Å². The molecule has 39 heavy (non-hydrogen) atoms. The van der Waals surface area contributed by atoms with Gasteiger partial charge in [-0.3, -0.25) is 0 Å². The maximum atomic E-state index is 14.8. The lowest BCUT2D eigenvalue weighted by molar-refractivity contribution is -0.382. The summed E-state index contributed by atoms with van der Waals surface area (Å²) in [5.74, 6) is -14.9. The molecule has 0 unspecified atom stereocenters. The lowest BCUT2D eigenvalue weighted by Crippen LogP contribution is -2.63. The Labute approximate surface area is 258 Å². The van der Waals surface area contributed by atoms with E-state index in [1.54, 1.807) is 0 Å². The highest BCUT2D eigenvalue weighted by Crippen LogP contribution is 2.71. The third-order valence-corrected chi connectivity index (χ3v) is 12.4. The molecule has 0 saturated carbocycles. The fourth-order valence-electron chi connectivity index (χ4n) is 3.10. The highest BCUT2D eigenvalue weighted by molar-refractivity contribution is 14.1. The Morgan fingerprint density at radius 2 is 0.795 bits per heavy atom. The normalized spacial score (nSPS) is 14.4. The van der Waals surface area contributed by atoms with Gasteiger partial charge in [-0.2, -0.15) is 47.9 Å². The molecule has 0 spiro atoms. The first-order valence-electron chi connectivity index (χ1n) is 9.97. The molecule has 17 heteroatoms. The molecule has 0 aliphatic rings. The zero-order chi connectivity index (χ0) is 29.7. The molecule has 3 nitrogen and oxygen atoms in total. The maximum absolute atomic E-state index is 14.8. The maximum Gasteiger partial charge on any atom is 0.460 e. The SMILES string of the molecule is O=S(=O)(OS(c1ccc(I)cc1)(c1ccc(I)cc1)c1ccc(I)cc1)C(F)(F)C(F)(F)C(F)(F)C(F)(F)F. The summed E-state index contributed by atoms with van der Waals surface area (Å²) < 4.78 is 156. The molecule has 0 amide bonds. The van der Waals surface area contributed by atoms with Crippen molar-refractivity contribution in [2.45, 2.75) is 38.0 Å². The van der Waals surface area contributed by atoms with E-state index in [0.717, 1.165) is 0 Å². The number of benzene rings is 3. The van der Waals surface area contributed by atoms with E-state index in [2.05, 4.69) is 0 Å². The highest BCUT2D eigenvalue weighted by atomic mass is 127. The van der Waals surface area contributed by atoms with Gasteiger partial charge in [0.25, 0.3) is 0 Å². The molecule has 0 aromatic heterocycles. The van der Waals surface area contributed by atoms with Gasteiger partial charge >= 0.3 is 33.4 Å². The summed E-state index contributed by atoms with van der Waals surface area (Å²) in [6, 6.07) is 16.0. The van der Waals surface area contributed by atoms with Gasteiger partial charge in [-0.05, 0) is 151 Å². The Hall–Kier alpha value is -0.520. The Morgan fingerprint density at radius 1 is 0.513 bits per heavy atom. The minimum absolute atomic E-state index is 0.143. The summed E-state index contributed by atoms with van der Waals surface area (Å²) in [6.07, 6.45) is -7.21. The topological polar surface area (TPSA) is 43.4 Å². The van der Waals surface area contributed by atoms with Crippen LogP contribution in [0.25, 0.3) is 0 Å². The fraction of sp³-hybridized carbons (Fsp3) is 0.182. The van der Waals surface area contributed by atoms with Crippen LogP contribution in [-0.4, -0.2) is 31.7 Å². The van der Waals surface area contributed by atoms with Gasteiger partial charge in [0.05, 0.1) is 0 Å². The van der Waals surface area contributed by atoms with E-state index in [0.29, 0.717) is 10.7 Å². The van der Waals surface area contributed by atoms with Gasteiger partial charge in [0.15, 0.2) is 0 Å². The smallest absolute Gasteiger partial charge is 0.202 e. The molecule has 0 saturated heterocycles. The summed E-state index contributed by atoms with van der Waals surface area (Å²) in [5, 5.41) is -7.02. The van der Waals surface area contributed by atoms with Gasteiger partial charge in [-0.1, -0.05) is 0 Å². The average Bonchev–Trinajstić information content (AvgIpc) is 2.83. The lowest BCUT2D eigenvalue weighted by atomic mass is 10.1. The molecular formula is C22H12F9I3O3S2. The molecule has 0 N–H and O–H groups in total. The van der Waals surface area contributed by atoms with Crippen LogP contribution in [0.4, 0.5) is 39.5 Å². The first-order chi connectivity index (χ1) is 17.7. The van der Waals surface area contributed by atoms with Crippen molar-refractivity contribution < 1.29 is 51.6 Å². The van der Waals surface area contributed by atoms with Gasteiger partial charge in [-0.15, -0.1) is 0 Å². The van der Waals surface area contributed by atoms with Crippen molar-refractivity contribution in [3.05, 3.63) is 83.5 Å². The first-order valence-corrected chi connectivity index (χ1v) is 16.2. The van der Waals surface area contributed by atoms with Crippen molar-refractivity contribution in [2.75, 3.05) is 0 Å². The van der Waals surface area contributed by atoms with Crippen LogP contribution < -0.4 is 0 Å². The second-order valence-corrected chi connectivity index (χ2v) is 15.8. The van der Waals surface area contributed by atoms with Crippen molar-refractivity contribution >= 4 is 88.2 Å². The molecule has 214 valence electrons. The van der Waals surface area contributed by atoms with Crippen LogP contribution in [-0.2, 0) is 13.7 Å². The van der Waals surface area contributed by atoms with E-state index < -0.39 is 43.7 Å². The Bertz CT molecular complexity index is 1320. The van der Waals surface area contributed by atoms with Crippen molar-refractivity contribution in [2.24, 2.45) is 0 Å². The standard InChI is InChI=1S/C22H12F9I3O3S2/c23-19(24,21(27,28)29)20(25,26)22(30,31)39(35,36)37-38(16-7-1-13(32)2-8-16,17-9-3-14(33)4-10-17)18-11-5-15(34)6-12-18/h1-12H. The first kappa shape index (κ1) is 33.0. The minimum Gasteiger partial charge on any atom is -0.202 e. The number of hydrogen-bond donors (Lipinski definition) is 0. The molecule has 3 aromatic rings. The van der Waals surface area contributed by atoms with E-state index in [9.17, 15) is 47.9 Å². The van der Waals surface area contributed by atoms with Crippen LogP contribution in [0.2, 0.25) is 0 Å². The van der Waals surface area contributed by atoms with Crippen molar-refractivity contribution in [3.63, 3.8) is 0 Å². The van der Waals surface area contributed by atoms with Crippen molar-refractivity contribution in [1.82, 2.24) is 0 Å². The van der Waals surface area contributed by atoms with E-state index in [4.69, 9.17) is 3.63 Å². The van der Waals surface area contributed by atoms with Crippen LogP contribution in [0.3, 0.4) is 0 Å². The van der Waals surface area contributed by atoms with Gasteiger partial charge in [0.1, 0.15) is 0 Å². The molecule has 3 rings (SSSR count). The summed E-state index contributed by atoms with van der Waals surface area (Å²) >= 11 is 5.61. The van der Waals surface area contributed by atoms with Gasteiger partial charge < -0.3 is 0 Å². The zero-order valence-electron chi connectivity index (χ0n) is 18.5. The van der Waals surface area contributed by atoms with Crippen LogP contribution >= 0.6 is 78.1 Å². The second kappa shape index (κ2) is 11.3. The largest absolute Gasteiger partial charge is 0.460 e. The van der Waals surface area contributed by atoms with Crippen molar-refractivity contribution in [3.8, 4) is 0 Å². The monoisotopic (exact) mass is 940 g/mol. The molecule has 0 bridgehead atoms. The Kier molecular flexibility index (Phi) is 9.55. The van der Waals surface area contributed by atoms with E-state index >= 15 is 0 Å². The van der Waals surface area contributed by atoms with E-state index in [-0.39, 0.29) is 14.7 Å². The summed E-state index contributed by atoms with van der Waals surface area (Å²) in [5.41, 5.74) is 0. The lowest BCUT2D eigenvalue weighted by Gasteiger charge is -2.41. The predicted octanol–water partition coefficient (Wildman–Crippen LogP) is 9.47. The highest BCUT2D eigenvalue weighted by Gasteiger charge is 2.86. The molecule has 0 atom stereocenters. The zero-order valence-corrected chi connectivity index (χ0v) is 26.6. The minimum atomic E-state index is -7.44. The molecule has 3 aromatic carbocycles. The fourth-order valence-corrected chi connectivity index (χ4v) is 9.35. The number of halogens is 12. The van der Waals surface area contributed by atoms with Gasteiger partial charge in [-0.25, -0.2) is 3.63 Å². The van der Waals surface area contributed by atoms with Crippen LogP contribution in [0, 0.1) is 10.7 Å². The number of alkyl halides is 9. The third kappa shape index (κ3) is 5.89. The number of rotatable bonds is 8. The molecule has 0 aliphatic heterocycles. The quantitative estimate of drug-likeness (QED) is 0.167. The van der Waals surface area contributed by atoms with E-state index in [1.807, 2.05) is 67.8 Å². The van der Waals surface area contributed by atoms with E-state index in [1.165, 1.54) is 72.8 Å². The molecule has 0 heterocycles. The molecular weight excluding hydrogens is 928 g/mol. The Morgan fingerprint density at radius 3 is 1.05 bits per heavy atom. The molecule has 0 aliphatic carbocycles. The van der Waals surface area contributed by atoms with Gasteiger partial charge in [0.2, 0.25) is 0 Å². The second-order valence-electron chi connectivity index (χ2n) is 7.60. The average molecular weight is 940 g/mol. The summed E-state index contributed by atoms with van der Waals surface area (Å²) in [7, 11) is -11.2. The molecule has 0 fully saturated rings. The molecule has 0 radical (unpaired) electrons. The van der Waals surface area contributed by atoms with Crippen LogP contribution in [0.5, 0.6) is 0 Å². The van der Waals surface area contributed by atoms with Crippen molar-refractivity contribution in [1.29, 1.82) is 0 Å². The summed E-state index contributed by atoms with van der Waals surface area (Å²) in [6.45, 7) is 0. The Balaban J connectivity index is 2.38. The van der Waals surface area contributed by atoms with Crippen LogP contribution in [0.1, 0.15) is 0 Å². The third-order valence-electron chi connectivity index (χ3n) is 5.06. The summed E-state index contributed by atoms with van der Waals surface area (Å²) in [4.78, 5) is -0.429. The van der Waals surface area contributed by atoms with Gasteiger partial charge in [0, 0.05) is 25.4 Å². The number of hydrogen-bond acceptors (Lipinski definition) is 3.